The lowest BCUT2D eigenvalue weighted by molar-refractivity contribution is 0.0702. The van der Waals surface area contributed by atoms with Gasteiger partial charge in [0.05, 0.1) is 5.56 Å². The van der Waals surface area contributed by atoms with E-state index in [4.69, 9.17) is 10.4 Å². The van der Waals surface area contributed by atoms with Gasteiger partial charge in [0.15, 0.2) is 0 Å². The zero-order valence-electron chi connectivity index (χ0n) is 8.54. The minimum atomic E-state index is -0.972. The molecule has 2 aromatic rings. The van der Waals surface area contributed by atoms with Crippen molar-refractivity contribution in [2.45, 2.75) is 0 Å². The Kier molecular flexibility index (Phi) is 2.81. The molecule has 17 heavy (non-hydrogen) atoms. The zero-order valence-corrected chi connectivity index (χ0v) is 9.36. The van der Waals surface area contributed by atoms with E-state index in [2.05, 4.69) is 0 Å². The number of carboxylic acid groups (broad SMARTS) is 1. The predicted octanol–water partition coefficient (Wildman–Crippen LogP) is 2.69. The molecule has 0 unspecified atom stereocenters. The number of carbonyl (C=O) groups is 1. The van der Waals surface area contributed by atoms with Crippen LogP contribution in [0.4, 0.5) is 0 Å². The summed E-state index contributed by atoms with van der Waals surface area (Å²) in [5.41, 5.74) is 1.61. The van der Waals surface area contributed by atoms with Crippen LogP contribution in [0.5, 0.6) is 5.75 Å². The monoisotopic (exact) mass is 245 g/mol. The van der Waals surface area contributed by atoms with Gasteiger partial charge in [0.2, 0.25) is 0 Å². The molecule has 0 saturated carbocycles. The van der Waals surface area contributed by atoms with Crippen LogP contribution >= 0.6 is 11.3 Å². The lowest BCUT2D eigenvalue weighted by Crippen LogP contribution is -1.90. The number of phenolic OH excluding ortho intramolecular Hbond substituents is 1. The average Bonchev–Trinajstić information content (AvgIpc) is 2.79. The first kappa shape index (κ1) is 11.2. The van der Waals surface area contributed by atoms with Crippen molar-refractivity contribution in [2.24, 2.45) is 0 Å². The van der Waals surface area contributed by atoms with Crippen LogP contribution in [-0.2, 0) is 0 Å². The van der Waals surface area contributed by atoms with Crippen molar-refractivity contribution < 1.29 is 15.0 Å². The smallest absolute Gasteiger partial charge is 0.345 e. The highest BCUT2D eigenvalue weighted by molar-refractivity contribution is 7.12. The first-order valence-corrected chi connectivity index (χ1v) is 5.55. The van der Waals surface area contributed by atoms with Crippen LogP contribution in [0.15, 0.2) is 29.6 Å². The van der Waals surface area contributed by atoms with Crippen LogP contribution < -0.4 is 0 Å². The first-order valence-electron chi connectivity index (χ1n) is 4.67. The van der Waals surface area contributed by atoms with E-state index in [0.717, 1.165) is 16.9 Å². The Morgan fingerprint density at radius 1 is 1.29 bits per heavy atom. The van der Waals surface area contributed by atoms with Crippen LogP contribution in [0.3, 0.4) is 0 Å². The highest BCUT2D eigenvalue weighted by atomic mass is 32.1. The van der Waals surface area contributed by atoms with Crippen molar-refractivity contribution in [3.8, 4) is 22.9 Å². The number of nitrogens with zero attached hydrogens (tertiary/aromatic N) is 1. The fourth-order valence-electron chi connectivity index (χ4n) is 1.40. The van der Waals surface area contributed by atoms with Crippen molar-refractivity contribution in [1.82, 2.24) is 0 Å². The molecule has 5 heteroatoms. The van der Waals surface area contributed by atoms with E-state index >= 15 is 0 Å². The molecule has 4 nitrogen and oxygen atoms in total. The highest BCUT2D eigenvalue weighted by Gasteiger charge is 2.09. The van der Waals surface area contributed by atoms with E-state index in [-0.39, 0.29) is 16.2 Å². The van der Waals surface area contributed by atoms with E-state index < -0.39 is 5.97 Å². The molecule has 0 aliphatic heterocycles. The molecular weight excluding hydrogens is 238 g/mol. The van der Waals surface area contributed by atoms with Crippen LogP contribution in [0, 0.1) is 11.3 Å². The predicted molar refractivity (Wildman–Crippen MR) is 63.1 cm³/mol. The van der Waals surface area contributed by atoms with Crippen molar-refractivity contribution in [3.63, 3.8) is 0 Å². The molecular formula is C12H7NO3S. The largest absolute Gasteiger partial charge is 0.507 e. The summed E-state index contributed by atoms with van der Waals surface area (Å²) in [5.74, 6) is -1.05. The van der Waals surface area contributed by atoms with Gasteiger partial charge in [0.25, 0.3) is 0 Å². The molecule has 0 aliphatic carbocycles. The number of rotatable bonds is 2. The van der Waals surface area contributed by atoms with Gasteiger partial charge in [-0.3, -0.25) is 0 Å². The molecule has 2 rings (SSSR count). The SMILES string of the molecule is N#Cc1cc(-c2csc(C(=O)O)c2)ccc1O. The van der Waals surface area contributed by atoms with Gasteiger partial charge in [-0.15, -0.1) is 11.3 Å². The van der Waals surface area contributed by atoms with E-state index in [1.165, 1.54) is 12.1 Å². The normalized spacial score (nSPS) is 9.82. The van der Waals surface area contributed by atoms with Gasteiger partial charge in [-0.2, -0.15) is 5.26 Å². The Labute approximate surface area is 101 Å². The number of nitriles is 1. The van der Waals surface area contributed by atoms with Gasteiger partial charge < -0.3 is 10.2 Å². The van der Waals surface area contributed by atoms with Gasteiger partial charge in [-0.05, 0) is 34.7 Å². The Balaban J connectivity index is 2.46. The van der Waals surface area contributed by atoms with Gasteiger partial charge in [-0.1, -0.05) is 6.07 Å². The summed E-state index contributed by atoms with van der Waals surface area (Å²) in [7, 11) is 0. The quantitative estimate of drug-likeness (QED) is 0.852. The summed E-state index contributed by atoms with van der Waals surface area (Å²) >= 11 is 1.13. The number of carboxylic acids is 1. The van der Waals surface area contributed by atoms with Crippen LogP contribution in [0.25, 0.3) is 11.1 Å². The third-order valence-corrected chi connectivity index (χ3v) is 3.18. The molecule has 0 radical (unpaired) electrons. The zero-order chi connectivity index (χ0) is 12.4. The standard InChI is InChI=1S/C12H7NO3S/c13-5-8-3-7(1-2-10(8)14)9-4-11(12(15)16)17-6-9/h1-4,6,14H,(H,15,16). The van der Waals surface area contributed by atoms with E-state index in [1.54, 1.807) is 17.5 Å². The third-order valence-electron chi connectivity index (χ3n) is 2.26. The number of benzene rings is 1. The molecule has 1 aromatic carbocycles. The van der Waals surface area contributed by atoms with Crippen LogP contribution in [0.1, 0.15) is 15.2 Å². The minimum Gasteiger partial charge on any atom is -0.507 e. The molecule has 0 atom stereocenters. The second-order valence-electron chi connectivity index (χ2n) is 3.35. The van der Waals surface area contributed by atoms with E-state index in [0.29, 0.717) is 5.56 Å². The number of phenols is 1. The molecule has 1 aromatic heterocycles. The molecule has 0 saturated heterocycles. The summed E-state index contributed by atoms with van der Waals surface area (Å²) < 4.78 is 0. The highest BCUT2D eigenvalue weighted by Crippen LogP contribution is 2.29. The molecule has 0 spiro atoms. The first-order chi connectivity index (χ1) is 8.11. The molecule has 0 fully saturated rings. The number of aromatic carboxylic acids is 1. The molecule has 1 heterocycles. The van der Waals surface area contributed by atoms with Gasteiger partial charge >= 0.3 is 5.97 Å². The Bertz CT molecular complexity index is 625. The van der Waals surface area contributed by atoms with Crippen molar-refractivity contribution >= 4 is 17.3 Å². The van der Waals surface area contributed by atoms with Crippen molar-refractivity contribution in [2.75, 3.05) is 0 Å². The number of hydrogen-bond donors (Lipinski definition) is 2. The maximum Gasteiger partial charge on any atom is 0.345 e. The summed E-state index contributed by atoms with van der Waals surface area (Å²) in [6.07, 6.45) is 0. The number of hydrogen-bond acceptors (Lipinski definition) is 4. The second kappa shape index (κ2) is 4.28. The fourth-order valence-corrected chi connectivity index (χ4v) is 2.16. The Morgan fingerprint density at radius 2 is 2.06 bits per heavy atom. The lowest BCUT2D eigenvalue weighted by atomic mass is 10.1. The van der Waals surface area contributed by atoms with Gasteiger partial charge in [0.1, 0.15) is 16.7 Å². The summed E-state index contributed by atoms with van der Waals surface area (Å²) in [6, 6.07) is 8.01. The van der Waals surface area contributed by atoms with Crippen molar-refractivity contribution in [3.05, 3.63) is 40.1 Å². The summed E-state index contributed by atoms with van der Waals surface area (Å²) in [6.45, 7) is 0. The van der Waals surface area contributed by atoms with Crippen molar-refractivity contribution in [1.29, 1.82) is 5.26 Å². The molecule has 0 amide bonds. The maximum atomic E-state index is 10.7. The minimum absolute atomic E-state index is 0.0788. The summed E-state index contributed by atoms with van der Waals surface area (Å²) in [5, 5.41) is 28.7. The van der Waals surface area contributed by atoms with E-state index in [9.17, 15) is 9.90 Å². The summed E-state index contributed by atoms with van der Waals surface area (Å²) in [4.78, 5) is 11.0. The third kappa shape index (κ3) is 2.12. The van der Waals surface area contributed by atoms with Crippen LogP contribution in [0.2, 0.25) is 0 Å². The van der Waals surface area contributed by atoms with E-state index in [1.807, 2.05) is 6.07 Å². The fraction of sp³-hybridized carbons (Fsp3) is 0. The van der Waals surface area contributed by atoms with Gasteiger partial charge in [0, 0.05) is 0 Å². The van der Waals surface area contributed by atoms with Crippen LogP contribution in [-0.4, -0.2) is 16.2 Å². The second-order valence-corrected chi connectivity index (χ2v) is 4.26. The lowest BCUT2D eigenvalue weighted by Gasteiger charge is -2.00. The number of aromatic hydroxyl groups is 1. The molecule has 0 bridgehead atoms. The number of thiophene rings is 1. The Hall–Kier alpha value is -2.32. The average molecular weight is 245 g/mol. The maximum absolute atomic E-state index is 10.7. The topological polar surface area (TPSA) is 81.3 Å². The molecule has 0 aliphatic rings. The van der Waals surface area contributed by atoms with Gasteiger partial charge in [-0.25, -0.2) is 4.79 Å². The Morgan fingerprint density at radius 3 is 2.65 bits per heavy atom. The molecule has 84 valence electrons. The molecule has 2 N–H and O–H groups in total.